The molecule has 15 heavy (non-hydrogen) atoms. The van der Waals surface area contributed by atoms with Crippen molar-refractivity contribution in [3.63, 3.8) is 0 Å². The van der Waals surface area contributed by atoms with Crippen molar-refractivity contribution in [3.8, 4) is 0 Å². The van der Waals surface area contributed by atoms with Gasteiger partial charge < -0.3 is 5.32 Å². The molecule has 2 atom stereocenters. The molecule has 2 unspecified atom stereocenters. The molecule has 0 aromatic heterocycles. The molecule has 0 heterocycles. The van der Waals surface area contributed by atoms with Gasteiger partial charge in [-0.3, -0.25) is 4.79 Å². The van der Waals surface area contributed by atoms with Gasteiger partial charge in [0.25, 0.3) is 0 Å². The lowest BCUT2D eigenvalue weighted by molar-refractivity contribution is -0.125. The number of hydrogen-bond donors (Lipinski definition) is 1. The summed E-state index contributed by atoms with van der Waals surface area (Å²) in [4.78, 5) is 12.0. The Hall–Kier alpha value is -0.0500. The predicted molar refractivity (Wildman–Crippen MR) is 69.2 cm³/mol. The zero-order valence-electron chi connectivity index (χ0n) is 10.5. The standard InChI is InChI=1S/C12H24BrNO/c1-8(2)6-11(13)7-14-12(15)10(5)9(3)4/h8-11H,6-7H2,1-5H3,(H,14,15). The Morgan fingerprint density at radius 2 is 1.73 bits per heavy atom. The summed E-state index contributed by atoms with van der Waals surface area (Å²) < 4.78 is 0. The van der Waals surface area contributed by atoms with Crippen molar-refractivity contribution in [1.29, 1.82) is 0 Å². The minimum Gasteiger partial charge on any atom is -0.355 e. The lowest BCUT2D eigenvalue weighted by Gasteiger charge is -2.18. The summed E-state index contributed by atoms with van der Waals surface area (Å²) in [7, 11) is 0. The van der Waals surface area contributed by atoms with Gasteiger partial charge in [0.05, 0.1) is 0 Å². The predicted octanol–water partition coefficient (Wildman–Crippen LogP) is 3.20. The normalized spacial score (nSPS) is 15.5. The van der Waals surface area contributed by atoms with Gasteiger partial charge in [-0.05, 0) is 18.3 Å². The van der Waals surface area contributed by atoms with E-state index in [1.54, 1.807) is 0 Å². The monoisotopic (exact) mass is 277 g/mol. The zero-order chi connectivity index (χ0) is 12.0. The highest BCUT2D eigenvalue weighted by Gasteiger charge is 2.17. The lowest BCUT2D eigenvalue weighted by Crippen LogP contribution is -2.35. The molecule has 0 bridgehead atoms. The molecule has 0 aliphatic rings. The van der Waals surface area contributed by atoms with Gasteiger partial charge in [0, 0.05) is 17.3 Å². The Morgan fingerprint density at radius 1 is 1.20 bits per heavy atom. The maximum absolute atomic E-state index is 11.6. The van der Waals surface area contributed by atoms with Crippen molar-refractivity contribution in [3.05, 3.63) is 0 Å². The molecule has 1 N–H and O–H groups in total. The molecule has 0 aromatic rings. The van der Waals surface area contributed by atoms with Gasteiger partial charge in [-0.25, -0.2) is 0 Å². The largest absolute Gasteiger partial charge is 0.355 e. The molecule has 2 nitrogen and oxygen atoms in total. The van der Waals surface area contributed by atoms with E-state index in [1.165, 1.54) is 0 Å². The van der Waals surface area contributed by atoms with E-state index in [-0.39, 0.29) is 11.8 Å². The average molecular weight is 278 g/mol. The van der Waals surface area contributed by atoms with Crippen LogP contribution in [-0.2, 0) is 4.79 Å². The lowest BCUT2D eigenvalue weighted by atomic mass is 9.97. The van der Waals surface area contributed by atoms with Crippen LogP contribution in [0, 0.1) is 17.8 Å². The van der Waals surface area contributed by atoms with E-state index < -0.39 is 0 Å². The molecule has 0 rings (SSSR count). The van der Waals surface area contributed by atoms with E-state index in [1.807, 2.05) is 6.92 Å². The van der Waals surface area contributed by atoms with Crippen molar-refractivity contribution in [2.45, 2.75) is 45.9 Å². The highest BCUT2D eigenvalue weighted by molar-refractivity contribution is 9.09. The number of carbonyl (C=O) groups excluding carboxylic acids is 1. The molecule has 0 aliphatic heterocycles. The maximum Gasteiger partial charge on any atom is 0.223 e. The Bertz CT molecular complexity index is 192. The molecular formula is C12H24BrNO. The number of hydrogen-bond acceptors (Lipinski definition) is 1. The first-order valence-corrected chi connectivity index (χ1v) is 6.68. The van der Waals surface area contributed by atoms with Crippen LogP contribution in [-0.4, -0.2) is 17.3 Å². The van der Waals surface area contributed by atoms with Crippen LogP contribution in [0.5, 0.6) is 0 Å². The molecule has 90 valence electrons. The van der Waals surface area contributed by atoms with Crippen LogP contribution in [0.3, 0.4) is 0 Å². The average Bonchev–Trinajstić information content (AvgIpc) is 2.11. The number of rotatable bonds is 6. The SMILES string of the molecule is CC(C)CC(Br)CNC(=O)C(C)C(C)C. The van der Waals surface area contributed by atoms with Crippen molar-refractivity contribution < 1.29 is 4.79 Å². The first-order chi connectivity index (χ1) is 6.84. The van der Waals surface area contributed by atoms with E-state index in [4.69, 9.17) is 0 Å². The molecule has 0 aliphatic carbocycles. The summed E-state index contributed by atoms with van der Waals surface area (Å²) in [5, 5.41) is 2.98. The highest BCUT2D eigenvalue weighted by Crippen LogP contribution is 2.13. The third kappa shape index (κ3) is 6.93. The Balaban J connectivity index is 3.80. The van der Waals surface area contributed by atoms with Crippen LogP contribution >= 0.6 is 15.9 Å². The summed E-state index contributed by atoms with van der Waals surface area (Å²) in [6.45, 7) is 11.2. The molecule has 0 saturated heterocycles. The Kier molecular flexibility index (Phi) is 7.24. The molecule has 1 amide bonds. The van der Waals surface area contributed by atoms with Crippen molar-refractivity contribution in [1.82, 2.24) is 5.32 Å². The quantitative estimate of drug-likeness (QED) is 0.743. The topological polar surface area (TPSA) is 29.1 Å². The van der Waals surface area contributed by atoms with E-state index in [0.29, 0.717) is 16.7 Å². The van der Waals surface area contributed by atoms with Gasteiger partial charge in [0.15, 0.2) is 0 Å². The minimum atomic E-state index is 0.101. The molecule has 0 fully saturated rings. The smallest absolute Gasteiger partial charge is 0.223 e. The third-order valence-electron chi connectivity index (χ3n) is 2.64. The van der Waals surface area contributed by atoms with Crippen molar-refractivity contribution in [2.24, 2.45) is 17.8 Å². The summed E-state index contributed by atoms with van der Waals surface area (Å²) in [5.41, 5.74) is 0. The molecule has 0 aromatic carbocycles. The highest BCUT2D eigenvalue weighted by atomic mass is 79.9. The van der Waals surface area contributed by atoms with Gasteiger partial charge in [0.2, 0.25) is 5.91 Å². The Labute approximate surface area is 102 Å². The van der Waals surface area contributed by atoms with Crippen LogP contribution in [0.2, 0.25) is 0 Å². The van der Waals surface area contributed by atoms with Gasteiger partial charge >= 0.3 is 0 Å². The van der Waals surface area contributed by atoms with Gasteiger partial charge in [-0.2, -0.15) is 0 Å². The van der Waals surface area contributed by atoms with E-state index in [9.17, 15) is 4.79 Å². The Morgan fingerprint density at radius 3 is 2.13 bits per heavy atom. The van der Waals surface area contributed by atoms with E-state index in [0.717, 1.165) is 13.0 Å². The summed E-state index contributed by atoms with van der Waals surface area (Å²) in [6.07, 6.45) is 1.09. The van der Waals surface area contributed by atoms with E-state index in [2.05, 4.69) is 48.9 Å². The number of alkyl halides is 1. The van der Waals surface area contributed by atoms with Crippen LogP contribution in [0.25, 0.3) is 0 Å². The van der Waals surface area contributed by atoms with Gasteiger partial charge in [-0.1, -0.05) is 50.5 Å². The molecule has 0 saturated carbocycles. The maximum atomic E-state index is 11.6. The number of halogens is 1. The second kappa shape index (κ2) is 7.26. The number of amides is 1. The first-order valence-electron chi connectivity index (χ1n) is 5.76. The fourth-order valence-electron chi connectivity index (χ4n) is 1.27. The molecular weight excluding hydrogens is 254 g/mol. The molecule has 0 radical (unpaired) electrons. The van der Waals surface area contributed by atoms with E-state index >= 15 is 0 Å². The summed E-state index contributed by atoms with van der Waals surface area (Å²) >= 11 is 3.58. The fourth-order valence-corrected chi connectivity index (χ4v) is 2.18. The van der Waals surface area contributed by atoms with Crippen LogP contribution in [0.15, 0.2) is 0 Å². The zero-order valence-corrected chi connectivity index (χ0v) is 12.1. The first kappa shape index (κ1) is 14.9. The minimum absolute atomic E-state index is 0.101. The molecule has 3 heteroatoms. The fraction of sp³-hybridized carbons (Fsp3) is 0.917. The van der Waals surface area contributed by atoms with Crippen LogP contribution in [0.1, 0.15) is 41.0 Å². The van der Waals surface area contributed by atoms with Gasteiger partial charge in [-0.15, -0.1) is 0 Å². The number of nitrogens with one attached hydrogen (secondary N) is 1. The second-order valence-electron chi connectivity index (χ2n) is 5.00. The summed E-state index contributed by atoms with van der Waals surface area (Å²) in [5.74, 6) is 1.33. The van der Waals surface area contributed by atoms with Crippen LogP contribution in [0.4, 0.5) is 0 Å². The van der Waals surface area contributed by atoms with Crippen molar-refractivity contribution >= 4 is 21.8 Å². The molecule has 0 spiro atoms. The van der Waals surface area contributed by atoms with Crippen molar-refractivity contribution in [2.75, 3.05) is 6.54 Å². The van der Waals surface area contributed by atoms with Gasteiger partial charge in [0.1, 0.15) is 0 Å². The second-order valence-corrected chi connectivity index (χ2v) is 6.30. The summed E-state index contributed by atoms with van der Waals surface area (Å²) in [6, 6.07) is 0. The van der Waals surface area contributed by atoms with Crippen LogP contribution < -0.4 is 5.32 Å². The number of carbonyl (C=O) groups is 1. The third-order valence-corrected chi connectivity index (χ3v) is 3.34.